The molecular weight excluding hydrogens is 328 g/mol. The molecule has 6 heteroatoms. The van der Waals surface area contributed by atoms with Gasteiger partial charge < -0.3 is 15.1 Å². The summed E-state index contributed by atoms with van der Waals surface area (Å²) < 4.78 is 5.39. The molecule has 2 N–H and O–H groups in total. The van der Waals surface area contributed by atoms with Gasteiger partial charge in [0, 0.05) is 18.7 Å². The fraction of sp³-hybridized carbons (Fsp3) is 0.308. The van der Waals surface area contributed by atoms with E-state index in [1.54, 1.807) is 0 Å². The summed E-state index contributed by atoms with van der Waals surface area (Å²) in [6.45, 7) is 0.881. The van der Waals surface area contributed by atoms with Crippen molar-refractivity contribution in [2.45, 2.75) is 12.2 Å². The van der Waals surface area contributed by atoms with Crippen molar-refractivity contribution in [3.8, 4) is 11.3 Å². The zero-order valence-corrected chi connectivity index (χ0v) is 12.4. The van der Waals surface area contributed by atoms with Gasteiger partial charge in [0.15, 0.2) is 0 Å². The first-order chi connectivity index (χ1) is 9.16. The summed E-state index contributed by atoms with van der Waals surface area (Å²) in [5, 5.41) is 20.2. The van der Waals surface area contributed by atoms with Gasteiger partial charge in [-0.2, -0.15) is 4.37 Å². The minimum Gasteiger partial charge on any atom is -0.389 e. The Hall–Kier alpha value is -0.950. The van der Waals surface area contributed by atoms with Crippen molar-refractivity contribution in [2.24, 2.45) is 0 Å². The molecule has 0 radical (unpaired) electrons. The molecule has 1 saturated heterocycles. The predicted molar refractivity (Wildman–Crippen MR) is 79.5 cm³/mol. The maximum Gasteiger partial charge on any atom is 0.127 e. The van der Waals surface area contributed by atoms with Crippen LogP contribution in [0, 0.1) is 0 Å². The van der Waals surface area contributed by atoms with Crippen molar-refractivity contribution in [1.82, 2.24) is 4.37 Å². The number of hydrogen-bond donors (Lipinski definition) is 2. The summed E-state index contributed by atoms with van der Waals surface area (Å²) in [5.41, 5.74) is 1.95. The second-order valence-electron chi connectivity index (χ2n) is 4.56. The number of benzene rings is 1. The monoisotopic (exact) mass is 340 g/mol. The number of hydrogen-bond acceptors (Lipinski definition) is 5. The number of halogens is 1. The molecule has 0 bridgehead atoms. The summed E-state index contributed by atoms with van der Waals surface area (Å²) in [4.78, 5) is 1.96. The van der Waals surface area contributed by atoms with Crippen molar-refractivity contribution in [2.75, 3.05) is 18.0 Å². The van der Waals surface area contributed by atoms with E-state index in [1.807, 2.05) is 35.2 Å². The Morgan fingerprint density at radius 1 is 1.16 bits per heavy atom. The molecule has 19 heavy (non-hydrogen) atoms. The molecule has 2 heterocycles. The fourth-order valence-electron chi connectivity index (χ4n) is 2.18. The molecule has 1 aliphatic rings. The van der Waals surface area contributed by atoms with Crippen molar-refractivity contribution >= 4 is 32.5 Å². The van der Waals surface area contributed by atoms with E-state index in [9.17, 15) is 10.2 Å². The van der Waals surface area contributed by atoms with Crippen molar-refractivity contribution < 1.29 is 10.2 Å². The average Bonchev–Trinajstić information content (AvgIpc) is 2.95. The van der Waals surface area contributed by atoms with Crippen LogP contribution < -0.4 is 4.90 Å². The van der Waals surface area contributed by atoms with E-state index < -0.39 is 12.2 Å². The van der Waals surface area contributed by atoms with E-state index in [2.05, 4.69) is 20.3 Å². The van der Waals surface area contributed by atoms with Crippen LogP contribution >= 0.6 is 27.5 Å². The van der Waals surface area contributed by atoms with Crippen molar-refractivity contribution in [3.63, 3.8) is 0 Å². The SMILES string of the molecule is O[C@@H]1CN(c2snc(-c3ccccc3)c2Br)C[C@@H]1O. The molecule has 1 aromatic carbocycles. The van der Waals surface area contributed by atoms with Gasteiger partial charge in [-0.25, -0.2) is 0 Å². The molecule has 1 aromatic heterocycles. The maximum absolute atomic E-state index is 9.62. The van der Waals surface area contributed by atoms with Crippen LogP contribution in [0.5, 0.6) is 0 Å². The number of aliphatic hydroxyl groups excluding tert-OH is 2. The fourth-order valence-corrected chi connectivity index (χ4v) is 3.90. The third-order valence-corrected chi connectivity index (χ3v) is 5.14. The molecule has 2 aromatic rings. The second-order valence-corrected chi connectivity index (χ2v) is 6.10. The van der Waals surface area contributed by atoms with E-state index in [-0.39, 0.29) is 0 Å². The number of anilines is 1. The Bertz CT molecular complexity index is 565. The molecular formula is C13H13BrN2O2S. The van der Waals surface area contributed by atoms with Crippen LogP contribution in [0.25, 0.3) is 11.3 Å². The smallest absolute Gasteiger partial charge is 0.127 e. The minimum atomic E-state index is -0.686. The lowest BCUT2D eigenvalue weighted by molar-refractivity contribution is 0.0572. The Morgan fingerprint density at radius 2 is 1.79 bits per heavy atom. The van der Waals surface area contributed by atoms with E-state index >= 15 is 0 Å². The number of nitrogens with zero attached hydrogens (tertiary/aromatic N) is 2. The van der Waals surface area contributed by atoms with Gasteiger partial charge in [0.25, 0.3) is 0 Å². The van der Waals surface area contributed by atoms with Gasteiger partial charge in [-0.05, 0) is 27.5 Å². The first-order valence-electron chi connectivity index (χ1n) is 5.98. The van der Waals surface area contributed by atoms with E-state index in [0.29, 0.717) is 13.1 Å². The van der Waals surface area contributed by atoms with Gasteiger partial charge in [-0.3, -0.25) is 0 Å². The second kappa shape index (κ2) is 5.20. The summed E-state index contributed by atoms with van der Waals surface area (Å²) in [5.74, 6) is 0. The van der Waals surface area contributed by atoms with Gasteiger partial charge in [0.1, 0.15) is 10.7 Å². The molecule has 2 atom stereocenters. The molecule has 0 saturated carbocycles. The Labute approximate surface area is 123 Å². The number of aliphatic hydroxyl groups is 2. The summed E-state index contributed by atoms with van der Waals surface area (Å²) in [6.07, 6.45) is -1.37. The van der Waals surface area contributed by atoms with Crippen LogP contribution in [0.4, 0.5) is 5.00 Å². The molecule has 0 spiro atoms. The zero-order chi connectivity index (χ0) is 13.4. The van der Waals surface area contributed by atoms with Crippen molar-refractivity contribution in [3.05, 3.63) is 34.8 Å². The highest BCUT2D eigenvalue weighted by molar-refractivity contribution is 9.10. The first kappa shape index (κ1) is 13.1. The standard InChI is InChI=1S/C13H13BrN2O2S/c14-11-12(8-4-2-1-3-5-8)15-19-13(11)16-6-9(17)10(18)7-16/h1-5,9-10,17-18H,6-7H2/t9-,10+. The lowest BCUT2D eigenvalue weighted by Gasteiger charge is -2.14. The summed E-state index contributed by atoms with van der Waals surface area (Å²) in [7, 11) is 0. The van der Waals surface area contributed by atoms with Crippen LogP contribution in [0.3, 0.4) is 0 Å². The van der Waals surface area contributed by atoms with E-state index in [1.165, 1.54) is 11.5 Å². The molecule has 4 nitrogen and oxygen atoms in total. The Balaban J connectivity index is 1.92. The van der Waals surface area contributed by atoms with Crippen LogP contribution in [0.2, 0.25) is 0 Å². The third-order valence-electron chi connectivity index (χ3n) is 3.21. The quantitative estimate of drug-likeness (QED) is 0.879. The highest BCUT2D eigenvalue weighted by Crippen LogP contribution is 2.40. The van der Waals surface area contributed by atoms with Gasteiger partial charge in [-0.15, -0.1) is 0 Å². The van der Waals surface area contributed by atoms with E-state index in [0.717, 1.165) is 20.7 Å². The van der Waals surface area contributed by atoms with Crippen LogP contribution in [-0.2, 0) is 0 Å². The van der Waals surface area contributed by atoms with Gasteiger partial charge in [-0.1, -0.05) is 30.3 Å². The maximum atomic E-state index is 9.62. The average molecular weight is 341 g/mol. The van der Waals surface area contributed by atoms with Crippen molar-refractivity contribution in [1.29, 1.82) is 0 Å². The van der Waals surface area contributed by atoms with Crippen LogP contribution in [0.1, 0.15) is 0 Å². The molecule has 0 amide bonds. The molecule has 3 rings (SSSR count). The predicted octanol–water partition coefficient (Wildman–Crippen LogP) is 2.11. The lowest BCUT2D eigenvalue weighted by atomic mass is 10.1. The van der Waals surface area contributed by atoms with Crippen LogP contribution in [-0.4, -0.2) is 39.9 Å². The van der Waals surface area contributed by atoms with E-state index in [4.69, 9.17) is 0 Å². The van der Waals surface area contributed by atoms with Gasteiger partial charge in [0.05, 0.1) is 16.7 Å². The first-order valence-corrected chi connectivity index (χ1v) is 7.55. The number of rotatable bonds is 2. The summed E-state index contributed by atoms with van der Waals surface area (Å²) in [6, 6.07) is 9.95. The van der Waals surface area contributed by atoms with Gasteiger partial charge in [0.2, 0.25) is 0 Å². The molecule has 100 valence electrons. The molecule has 1 aliphatic heterocycles. The molecule has 0 unspecified atom stereocenters. The topological polar surface area (TPSA) is 56.6 Å². The molecule has 1 fully saturated rings. The number of β-amino-alcohol motifs (C(OH)–C–C–N with tert-alkyl or cyclic N) is 2. The van der Waals surface area contributed by atoms with Gasteiger partial charge >= 0.3 is 0 Å². The Morgan fingerprint density at radius 3 is 2.42 bits per heavy atom. The lowest BCUT2D eigenvalue weighted by Crippen LogP contribution is -2.22. The van der Waals surface area contributed by atoms with Crippen LogP contribution in [0.15, 0.2) is 34.8 Å². The Kier molecular flexibility index (Phi) is 3.58. The third kappa shape index (κ3) is 2.41. The largest absolute Gasteiger partial charge is 0.389 e. The zero-order valence-electron chi connectivity index (χ0n) is 10.0. The normalized spacial score (nSPS) is 23.0. The highest BCUT2D eigenvalue weighted by atomic mass is 79.9. The highest BCUT2D eigenvalue weighted by Gasteiger charge is 2.32. The number of aromatic nitrogens is 1. The summed E-state index contributed by atoms with van der Waals surface area (Å²) >= 11 is 4.96. The molecule has 0 aliphatic carbocycles. The minimum absolute atomic E-state index is 0.441.